The van der Waals surface area contributed by atoms with Crippen LogP contribution in [-0.4, -0.2) is 9.67 Å². The predicted molar refractivity (Wildman–Crippen MR) is 106 cm³/mol. The smallest absolute Gasteiger partial charge is 0.133 e. The number of rotatable bonds is 3. The van der Waals surface area contributed by atoms with Crippen LogP contribution in [0, 0.1) is 11.3 Å². The van der Waals surface area contributed by atoms with Gasteiger partial charge in [0, 0.05) is 29.7 Å². The van der Waals surface area contributed by atoms with Gasteiger partial charge >= 0.3 is 0 Å². The highest BCUT2D eigenvalue weighted by Crippen LogP contribution is 2.30. The molecule has 0 bridgehead atoms. The molecule has 4 aromatic rings. The van der Waals surface area contributed by atoms with Crippen molar-refractivity contribution in [1.82, 2.24) is 4.57 Å². The number of aliphatic hydroxyl groups is 1. The summed E-state index contributed by atoms with van der Waals surface area (Å²) in [6.45, 7) is 0. The Morgan fingerprint density at radius 2 is 1.88 bits per heavy atom. The summed E-state index contributed by atoms with van der Waals surface area (Å²) in [5.74, 6) is 0.00376. The number of hydrogen-bond acceptors (Lipinski definition) is 2. The van der Waals surface area contributed by atoms with Crippen LogP contribution < -0.4 is 0 Å². The van der Waals surface area contributed by atoms with Gasteiger partial charge in [0.1, 0.15) is 5.76 Å². The van der Waals surface area contributed by atoms with Gasteiger partial charge in [-0.15, -0.1) is 0 Å². The molecule has 0 aliphatic rings. The minimum Gasteiger partial charge on any atom is -0.507 e. The molecule has 0 amide bonds. The largest absolute Gasteiger partial charge is 0.507 e. The summed E-state index contributed by atoms with van der Waals surface area (Å²) in [4.78, 5) is 0. The van der Waals surface area contributed by atoms with Crippen LogP contribution in [0.15, 0.2) is 72.9 Å². The average molecular weight is 338 g/mol. The minimum absolute atomic E-state index is 0.00376. The number of nitriles is 1. The Morgan fingerprint density at radius 3 is 2.69 bits per heavy atom. The Morgan fingerprint density at radius 1 is 1.08 bits per heavy atom. The maximum atomic E-state index is 10.3. The Balaban J connectivity index is 1.85. The lowest BCUT2D eigenvalue weighted by Gasteiger charge is -2.07. The number of nitrogens with zero attached hydrogens (tertiary/aromatic N) is 2. The van der Waals surface area contributed by atoms with E-state index in [1.807, 2.05) is 43.4 Å². The second-order valence-corrected chi connectivity index (χ2v) is 6.48. The van der Waals surface area contributed by atoms with Crippen molar-refractivity contribution in [2.75, 3.05) is 0 Å². The summed E-state index contributed by atoms with van der Waals surface area (Å²) < 4.78 is 2.06. The number of aliphatic hydroxyl groups excluding tert-OH is 1. The molecule has 0 aliphatic carbocycles. The first kappa shape index (κ1) is 16.0. The van der Waals surface area contributed by atoms with E-state index >= 15 is 0 Å². The standard InChI is InChI=1S/C23H18N2O/c1-25-15-19(14-16-9-10-17-5-2-3-6-18(17)13-16)23-20(22(26)11-12-24)7-4-8-21(23)25/h2-11,13,15,26H,14H2,1H3. The maximum Gasteiger partial charge on any atom is 0.133 e. The molecule has 0 saturated carbocycles. The number of aryl methyl sites for hydroxylation is 1. The Labute approximate surface area is 152 Å². The fraction of sp³-hybridized carbons (Fsp3) is 0.0870. The quantitative estimate of drug-likeness (QED) is 0.404. The summed E-state index contributed by atoms with van der Waals surface area (Å²) in [6, 6.07) is 22.5. The Hall–Kier alpha value is -3.51. The second-order valence-electron chi connectivity index (χ2n) is 6.48. The van der Waals surface area contributed by atoms with Crippen molar-refractivity contribution in [3.63, 3.8) is 0 Å². The van der Waals surface area contributed by atoms with Crippen LogP contribution in [0.25, 0.3) is 27.4 Å². The van der Waals surface area contributed by atoms with E-state index in [2.05, 4.69) is 41.1 Å². The van der Waals surface area contributed by atoms with Gasteiger partial charge in [0.15, 0.2) is 0 Å². The van der Waals surface area contributed by atoms with E-state index in [1.165, 1.54) is 22.4 Å². The molecule has 3 nitrogen and oxygen atoms in total. The van der Waals surface area contributed by atoms with Crippen molar-refractivity contribution in [2.45, 2.75) is 6.42 Å². The minimum atomic E-state index is 0.00376. The molecular weight excluding hydrogens is 320 g/mol. The first-order valence-corrected chi connectivity index (χ1v) is 8.51. The van der Waals surface area contributed by atoms with Crippen molar-refractivity contribution >= 4 is 27.4 Å². The molecule has 0 fully saturated rings. The number of fused-ring (bicyclic) bond motifs is 2. The number of aromatic nitrogens is 1. The molecule has 0 atom stereocenters. The van der Waals surface area contributed by atoms with Gasteiger partial charge in [0.2, 0.25) is 0 Å². The first-order valence-electron chi connectivity index (χ1n) is 8.51. The lowest BCUT2D eigenvalue weighted by molar-refractivity contribution is 0.513. The molecule has 0 saturated heterocycles. The molecule has 3 aromatic carbocycles. The highest BCUT2D eigenvalue weighted by molar-refractivity contribution is 5.94. The monoisotopic (exact) mass is 338 g/mol. The third kappa shape index (κ3) is 2.72. The number of allylic oxidation sites excluding steroid dienone is 1. The first-order chi connectivity index (χ1) is 12.7. The van der Waals surface area contributed by atoms with E-state index in [1.54, 1.807) is 0 Å². The van der Waals surface area contributed by atoms with Gasteiger partial charge in [-0.3, -0.25) is 0 Å². The number of benzene rings is 3. The van der Waals surface area contributed by atoms with Gasteiger partial charge in [0.25, 0.3) is 0 Å². The van der Waals surface area contributed by atoms with E-state index in [4.69, 9.17) is 5.26 Å². The molecule has 126 valence electrons. The fourth-order valence-electron chi connectivity index (χ4n) is 3.59. The van der Waals surface area contributed by atoms with Crippen LogP contribution in [0.4, 0.5) is 0 Å². The molecule has 3 heteroatoms. The second kappa shape index (κ2) is 6.42. The van der Waals surface area contributed by atoms with Gasteiger partial charge < -0.3 is 9.67 Å². The van der Waals surface area contributed by atoms with Crippen LogP contribution in [0.2, 0.25) is 0 Å². The van der Waals surface area contributed by atoms with E-state index in [0.29, 0.717) is 5.56 Å². The average Bonchev–Trinajstić information content (AvgIpc) is 2.98. The van der Waals surface area contributed by atoms with Crippen molar-refractivity contribution in [2.24, 2.45) is 7.05 Å². The number of hydrogen-bond donors (Lipinski definition) is 1. The van der Waals surface area contributed by atoms with Crippen molar-refractivity contribution in [3.8, 4) is 6.07 Å². The van der Waals surface area contributed by atoms with Crippen molar-refractivity contribution in [1.29, 1.82) is 5.26 Å². The molecule has 4 rings (SSSR count). The third-order valence-corrected chi connectivity index (χ3v) is 4.78. The van der Waals surface area contributed by atoms with Gasteiger partial charge in [-0.25, -0.2) is 0 Å². The Kier molecular flexibility index (Phi) is 3.95. The zero-order valence-electron chi connectivity index (χ0n) is 14.5. The van der Waals surface area contributed by atoms with Gasteiger partial charge in [0.05, 0.1) is 12.1 Å². The van der Waals surface area contributed by atoms with E-state index < -0.39 is 0 Å². The third-order valence-electron chi connectivity index (χ3n) is 4.78. The Bertz CT molecular complexity index is 1190. The molecular formula is C23H18N2O. The fourth-order valence-corrected chi connectivity index (χ4v) is 3.59. The van der Waals surface area contributed by atoms with Crippen LogP contribution in [0.1, 0.15) is 16.7 Å². The maximum absolute atomic E-state index is 10.3. The zero-order chi connectivity index (χ0) is 18.1. The van der Waals surface area contributed by atoms with Crippen molar-refractivity contribution in [3.05, 3.63) is 89.6 Å². The topological polar surface area (TPSA) is 49.0 Å². The van der Waals surface area contributed by atoms with Crippen LogP contribution in [0.3, 0.4) is 0 Å². The molecule has 1 aromatic heterocycles. The molecule has 1 heterocycles. The predicted octanol–water partition coefficient (Wildman–Crippen LogP) is 5.34. The highest BCUT2D eigenvalue weighted by atomic mass is 16.3. The van der Waals surface area contributed by atoms with Crippen molar-refractivity contribution < 1.29 is 5.11 Å². The zero-order valence-corrected chi connectivity index (χ0v) is 14.5. The summed E-state index contributed by atoms with van der Waals surface area (Å²) in [5, 5.41) is 22.6. The van der Waals surface area contributed by atoms with E-state index in [0.717, 1.165) is 22.9 Å². The summed E-state index contributed by atoms with van der Waals surface area (Å²) in [7, 11) is 2.00. The molecule has 0 unspecified atom stereocenters. The molecule has 0 radical (unpaired) electrons. The summed E-state index contributed by atoms with van der Waals surface area (Å²) in [5.41, 5.74) is 4.08. The van der Waals surface area contributed by atoms with E-state index in [9.17, 15) is 5.11 Å². The lowest BCUT2D eigenvalue weighted by atomic mass is 9.98. The molecule has 0 aliphatic heterocycles. The summed E-state index contributed by atoms with van der Waals surface area (Å²) >= 11 is 0. The highest BCUT2D eigenvalue weighted by Gasteiger charge is 2.14. The summed E-state index contributed by atoms with van der Waals surface area (Å²) in [6.07, 6.45) is 4.05. The van der Waals surface area contributed by atoms with Crippen LogP contribution in [0.5, 0.6) is 0 Å². The molecule has 26 heavy (non-hydrogen) atoms. The lowest BCUT2D eigenvalue weighted by Crippen LogP contribution is -1.91. The molecule has 1 N–H and O–H groups in total. The molecule has 0 spiro atoms. The van der Waals surface area contributed by atoms with Gasteiger partial charge in [-0.2, -0.15) is 5.26 Å². The van der Waals surface area contributed by atoms with E-state index in [-0.39, 0.29) is 5.76 Å². The normalized spacial score (nSPS) is 11.8. The van der Waals surface area contributed by atoms with Gasteiger partial charge in [-0.1, -0.05) is 54.6 Å². The van der Waals surface area contributed by atoms with Gasteiger partial charge in [-0.05, 0) is 34.4 Å². The van der Waals surface area contributed by atoms with Crippen LogP contribution >= 0.6 is 0 Å². The van der Waals surface area contributed by atoms with Crippen LogP contribution in [-0.2, 0) is 13.5 Å². The SMILES string of the molecule is Cn1cc(Cc2ccc3ccccc3c2)c2c(C(O)=CC#N)cccc21.